The molecule has 1 aliphatic heterocycles. The SMILES string of the molecule is CN1CCC(Cn2c(=O)[nH]c3sc(C(=O)OCc4ccccc4)cc3c2=O)CC1. The van der Waals surface area contributed by atoms with Crippen LogP contribution in [-0.2, 0) is 17.9 Å². The van der Waals surface area contributed by atoms with Crippen LogP contribution < -0.4 is 11.2 Å². The predicted octanol–water partition coefficient (Wildman–Crippen LogP) is 2.45. The Balaban J connectivity index is 1.54. The van der Waals surface area contributed by atoms with E-state index in [2.05, 4.69) is 16.9 Å². The van der Waals surface area contributed by atoms with Gasteiger partial charge in [-0.2, -0.15) is 0 Å². The van der Waals surface area contributed by atoms with Gasteiger partial charge >= 0.3 is 11.7 Å². The van der Waals surface area contributed by atoms with Gasteiger partial charge in [0.05, 0.1) is 5.39 Å². The standard InChI is InChI=1S/C21H23N3O4S/c1-23-9-7-14(8-10-23)12-24-19(25)16-11-17(29-18(16)22-21(24)27)20(26)28-13-15-5-3-2-4-6-15/h2-6,11,14H,7-10,12-13H2,1H3,(H,22,27). The summed E-state index contributed by atoms with van der Waals surface area (Å²) in [5.41, 5.74) is 0.115. The van der Waals surface area contributed by atoms with Crippen LogP contribution in [0.25, 0.3) is 10.2 Å². The van der Waals surface area contributed by atoms with Crippen molar-refractivity contribution in [3.63, 3.8) is 0 Å². The average molecular weight is 413 g/mol. The number of esters is 1. The second-order valence-corrected chi connectivity index (χ2v) is 8.56. The molecule has 1 aliphatic rings. The maximum atomic E-state index is 12.9. The Morgan fingerprint density at radius 1 is 1.21 bits per heavy atom. The van der Waals surface area contributed by atoms with Crippen LogP contribution in [0.15, 0.2) is 46.0 Å². The lowest BCUT2D eigenvalue weighted by molar-refractivity contribution is 0.0478. The number of hydrogen-bond acceptors (Lipinski definition) is 6. The molecule has 2 aromatic heterocycles. The van der Waals surface area contributed by atoms with Crippen molar-refractivity contribution in [3.05, 3.63) is 67.7 Å². The first-order chi connectivity index (χ1) is 14.0. The quantitative estimate of drug-likeness (QED) is 0.650. The minimum atomic E-state index is -0.503. The largest absolute Gasteiger partial charge is 0.457 e. The monoisotopic (exact) mass is 413 g/mol. The number of carbonyl (C=O) groups is 1. The zero-order valence-corrected chi connectivity index (χ0v) is 17.0. The molecular weight excluding hydrogens is 390 g/mol. The number of aromatic nitrogens is 2. The number of H-pyrrole nitrogens is 1. The molecule has 29 heavy (non-hydrogen) atoms. The van der Waals surface area contributed by atoms with E-state index >= 15 is 0 Å². The van der Waals surface area contributed by atoms with Gasteiger partial charge in [0, 0.05) is 6.54 Å². The van der Waals surface area contributed by atoms with Crippen LogP contribution in [-0.4, -0.2) is 40.6 Å². The number of thiophene rings is 1. The number of ether oxygens (including phenoxy) is 1. The van der Waals surface area contributed by atoms with Gasteiger partial charge in [-0.3, -0.25) is 14.3 Å². The third-order valence-corrected chi connectivity index (χ3v) is 6.40. The summed E-state index contributed by atoms with van der Waals surface area (Å²) in [5, 5.41) is 0.356. The summed E-state index contributed by atoms with van der Waals surface area (Å²) in [6, 6.07) is 10.9. The lowest BCUT2D eigenvalue weighted by Crippen LogP contribution is -2.39. The van der Waals surface area contributed by atoms with Gasteiger partial charge in [0.25, 0.3) is 5.56 Å². The maximum Gasteiger partial charge on any atom is 0.348 e. The molecular formula is C21H23N3O4S. The summed E-state index contributed by atoms with van der Waals surface area (Å²) in [6.45, 7) is 2.50. The Labute approximate surface area is 171 Å². The topological polar surface area (TPSA) is 84.4 Å². The van der Waals surface area contributed by atoms with Crippen molar-refractivity contribution < 1.29 is 9.53 Å². The predicted molar refractivity (Wildman–Crippen MR) is 112 cm³/mol. The molecule has 0 unspecified atom stereocenters. The van der Waals surface area contributed by atoms with E-state index in [-0.39, 0.29) is 12.2 Å². The van der Waals surface area contributed by atoms with E-state index in [1.807, 2.05) is 30.3 Å². The number of carbonyl (C=O) groups excluding carboxylic acids is 1. The molecule has 0 spiro atoms. The highest BCUT2D eigenvalue weighted by molar-refractivity contribution is 7.20. The third kappa shape index (κ3) is 4.33. The van der Waals surface area contributed by atoms with Gasteiger partial charge in [0.15, 0.2) is 0 Å². The number of hydrogen-bond donors (Lipinski definition) is 1. The number of piperidine rings is 1. The van der Waals surface area contributed by atoms with Crippen LogP contribution in [0.1, 0.15) is 28.1 Å². The van der Waals surface area contributed by atoms with E-state index in [1.165, 1.54) is 10.6 Å². The fourth-order valence-electron chi connectivity index (χ4n) is 3.61. The molecule has 3 aromatic rings. The van der Waals surface area contributed by atoms with Crippen LogP contribution >= 0.6 is 11.3 Å². The van der Waals surface area contributed by atoms with Gasteiger partial charge in [0.2, 0.25) is 0 Å². The minimum Gasteiger partial charge on any atom is -0.457 e. The van der Waals surface area contributed by atoms with Gasteiger partial charge < -0.3 is 9.64 Å². The van der Waals surface area contributed by atoms with E-state index in [1.54, 1.807) is 0 Å². The van der Waals surface area contributed by atoms with E-state index < -0.39 is 11.7 Å². The number of fused-ring (bicyclic) bond motifs is 1. The maximum absolute atomic E-state index is 12.9. The van der Waals surface area contributed by atoms with Gasteiger partial charge in [-0.1, -0.05) is 30.3 Å². The molecule has 0 aliphatic carbocycles. The average Bonchev–Trinajstić information content (AvgIpc) is 3.16. The van der Waals surface area contributed by atoms with Crippen molar-refractivity contribution in [3.8, 4) is 0 Å². The molecule has 1 aromatic carbocycles. The summed E-state index contributed by atoms with van der Waals surface area (Å²) >= 11 is 1.07. The molecule has 8 heteroatoms. The first-order valence-electron chi connectivity index (χ1n) is 9.67. The summed E-state index contributed by atoms with van der Waals surface area (Å²) in [6.07, 6.45) is 1.92. The zero-order chi connectivity index (χ0) is 20.4. The highest BCUT2D eigenvalue weighted by Crippen LogP contribution is 2.22. The Kier molecular flexibility index (Phi) is 5.64. The molecule has 1 N–H and O–H groups in total. The molecule has 3 heterocycles. The second-order valence-electron chi connectivity index (χ2n) is 7.51. The summed E-state index contributed by atoms with van der Waals surface area (Å²) in [4.78, 5) is 43.5. The molecule has 0 bridgehead atoms. The molecule has 0 radical (unpaired) electrons. The second kappa shape index (κ2) is 8.34. The molecule has 0 atom stereocenters. The van der Waals surface area contributed by atoms with Crippen LogP contribution in [0, 0.1) is 5.92 Å². The van der Waals surface area contributed by atoms with Gasteiger partial charge in [-0.25, -0.2) is 9.59 Å². The fraction of sp³-hybridized carbons (Fsp3) is 0.381. The molecule has 1 fully saturated rings. The Morgan fingerprint density at radius 3 is 2.66 bits per heavy atom. The van der Waals surface area contributed by atoms with Crippen LogP contribution in [0.5, 0.6) is 0 Å². The molecule has 0 amide bonds. The van der Waals surface area contributed by atoms with Gasteiger partial charge in [0.1, 0.15) is 16.3 Å². The minimum absolute atomic E-state index is 0.158. The van der Waals surface area contributed by atoms with Crippen molar-refractivity contribution in [2.45, 2.75) is 26.0 Å². The van der Waals surface area contributed by atoms with Crippen LogP contribution in [0.2, 0.25) is 0 Å². The van der Waals surface area contributed by atoms with Gasteiger partial charge in [-0.05, 0) is 50.5 Å². The zero-order valence-electron chi connectivity index (χ0n) is 16.2. The van der Waals surface area contributed by atoms with E-state index in [0.29, 0.717) is 27.6 Å². The Bertz CT molecular complexity index is 1120. The number of aromatic amines is 1. The molecule has 0 saturated carbocycles. The van der Waals surface area contributed by atoms with Crippen molar-refractivity contribution in [2.24, 2.45) is 5.92 Å². The summed E-state index contributed by atoms with van der Waals surface area (Å²) < 4.78 is 6.61. The molecule has 7 nitrogen and oxygen atoms in total. The first-order valence-corrected chi connectivity index (χ1v) is 10.5. The van der Waals surface area contributed by atoms with E-state index in [9.17, 15) is 14.4 Å². The van der Waals surface area contributed by atoms with Crippen LogP contribution in [0.3, 0.4) is 0 Å². The Hall–Kier alpha value is -2.71. The molecule has 1 saturated heterocycles. The molecule has 4 rings (SSSR count). The highest BCUT2D eigenvalue weighted by Gasteiger charge is 2.21. The lowest BCUT2D eigenvalue weighted by Gasteiger charge is -2.28. The third-order valence-electron chi connectivity index (χ3n) is 5.37. The van der Waals surface area contributed by atoms with Gasteiger partial charge in [-0.15, -0.1) is 11.3 Å². The smallest absolute Gasteiger partial charge is 0.348 e. The normalized spacial score (nSPS) is 15.6. The number of benzene rings is 1. The number of rotatable bonds is 5. The number of likely N-dealkylation sites (tertiary alicyclic amines) is 1. The van der Waals surface area contributed by atoms with Crippen LogP contribution in [0.4, 0.5) is 0 Å². The van der Waals surface area contributed by atoms with E-state index in [4.69, 9.17) is 4.74 Å². The number of nitrogens with zero attached hydrogens (tertiary/aromatic N) is 2. The fourth-order valence-corrected chi connectivity index (χ4v) is 4.54. The van der Waals surface area contributed by atoms with Crippen molar-refractivity contribution in [1.82, 2.24) is 14.5 Å². The molecule has 152 valence electrons. The van der Waals surface area contributed by atoms with E-state index in [0.717, 1.165) is 42.8 Å². The first kappa shape index (κ1) is 19.6. The van der Waals surface area contributed by atoms with Crippen molar-refractivity contribution in [1.29, 1.82) is 0 Å². The summed E-state index contributed by atoms with van der Waals surface area (Å²) in [7, 11) is 2.07. The highest BCUT2D eigenvalue weighted by atomic mass is 32.1. The van der Waals surface area contributed by atoms with Crippen molar-refractivity contribution in [2.75, 3.05) is 20.1 Å². The lowest BCUT2D eigenvalue weighted by atomic mass is 9.97. The Morgan fingerprint density at radius 2 is 1.93 bits per heavy atom. The number of nitrogens with one attached hydrogen (secondary N) is 1. The van der Waals surface area contributed by atoms with Crippen molar-refractivity contribution >= 4 is 27.5 Å². The summed E-state index contributed by atoms with van der Waals surface area (Å²) in [5.74, 6) is -0.200.